The fraction of sp³-hybridized carbons (Fsp3) is 0.222. The Labute approximate surface area is 149 Å². The van der Waals surface area contributed by atoms with E-state index in [-0.39, 0.29) is 17.0 Å². The molecular formula is C18H16N6O2. The van der Waals surface area contributed by atoms with Gasteiger partial charge in [0.1, 0.15) is 18.2 Å². The molecule has 26 heavy (non-hydrogen) atoms. The summed E-state index contributed by atoms with van der Waals surface area (Å²) in [6.45, 7) is 0.850. The second-order valence-electron chi connectivity index (χ2n) is 6.09. The lowest BCUT2D eigenvalue weighted by Gasteiger charge is -2.29. The molecule has 0 radical (unpaired) electrons. The Morgan fingerprint density at radius 2 is 1.96 bits per heavy atom. The zero-order valence-corrected chi connectivity index (χ0v) is 14.2. The van der Waals surface area contributed by atoms with Gasteiger partial charge in [-0.15, -0.1) is 0 Å². The quantitative estimate of drug-likeness (QED) is 0.681. The van der Waals surface area contributed by atoms with Crippen LogP contribution in [-0.2, 0) is 20.0 Å². The number of hydrogen-bond acceptors (Lipinski definition) is 6. The third kappa shape index (κ3) is 2.75. The predicted molar refractivity (Wildman–Crippen MR) is 93.2 cm³/mol. The summed E-state index contributed by atoms with van der Waals surface area (Å²) in [5.74, 6) is -0.282. The minimum Gasteiger partial charge on any atom is -0.334 e. The van der Waals surface area contributed by atoms with Crippen LogP contribution in [0.2, 0.25) is 0 Å². The molecule has 3 aromatic rings. The number of aryl methyl sites for hydroxylation is 1. The Balaban J connectivity index is 1.71. The highest BCUT2D eigenvalue weighted by atomic mass is 16.2. The zero-order valence-electron chi connectivity index (χ0n) is 14.2. The smallest absolute Gasteiger partial charge is 0.263 e. The number of aromatic nitrogens is 5. The van der Waals surface area contributed by atoms with Crippen LogP contribution in [0.4, 0.5) is 0 Å². The van der Waals surface area contributed by atoms with Gasteiger partial charge >= 0.3 is 0 Å². The number of carbonyl (C=O) groups excluding carboxylic acids is 1. The lowest BCUT2D eigenvalue weighted by molar-refractivity contribution is 0.0731. The van der Waals surface area contributed by atoms with Gasteiger partial charge < -0.3 is 9.47 Å². The minimum atomic E-state index is -0.302. The SMILES string of the molecule is Cn1cccc(C(=O)N2CCc3ncnc(-c4cncnc4)c3C2)c1=O. The van der Waals surface area contributed by atoms with Crippen molar-refractivity contribution in [2.75, 3.05) is 6.54 Å². The molecule has 8 nitrogen and oxygen atoms in total. The molecule has 4 heterocycles. The first-order valence-corrected chi connectivity index (χ1v) is 8.18. The molecule has 0 fully saturated rings. The average Bonchev–Trinajstić information content (AvgIpc) is 2.69. The fourth-order valence-corrected chi connectivity index (χ4v) is 3.12. The molecule has 0 atom stereocenters. The van der Waals surface area contributed by atoms with Crippen LogP contribution in [-0.4, -0.2) is 41.9 Å². The molecule has 0 aliphatic carbocycles. The summed E-state index contributed by atoms with van der Waals surface area (Å²) in [5, 5.41) is 0. The fourth-order valence-electron chi connectivity index (χ4n) is 3.12. The van der Waals surface area contributed by atoms with Crippen LogP contribution >= 0.6 is 0 Å². The molecule has 1 amide bonds. The van der Waals surface area contributed by atoms with E-state index in [1.165, 1.54) is 17.2 Å². The highest BCUT2D eigenvalue weighted by Gasteiger charge is 2.27. The molecular weight excluding hydrogens is 332 g/mol. The van der Waals surface area contributed by atoms with Crippen LogP contribution in [0, 0.1) is 0 Å². The number of fused-ring (bicyclic) bond motifs is 1. The van der Waals surface area contributed by atoms with E-state index in [0.29, 0.717) is 25.2 Å². The monoisotopic (exact) mass is 348 g/mol. The first-order chi connectivity index (χ1) is 12.6. The van der Waals surface area contributed by atoms with Crippen molar-refractivity contribution >= 4 is 5.91 Å². The third-order valence-electron chi connectivity index (χ3n) is 4.48. The van der Waals surface area contributed by atoms with Crippen molar-refractivity contribution in [3.8, 4) is 11.3 Å². The minimum absolute atomic E-state index is 0.167. The van der Waals surface area contributed by atoms with Gasteiger partial charge in [-0.25, -0.2) is 19.9 Å². The maximum absolute atomic E-state index is 12.9. The topological polar surface area (TPSA) is 93.9 Å². The summed E-state index contributed by atoms with van der Waals surface area (Å²) in [6, 6.07) is 3.26. The van der Waals surface area contributed by atoms with Crippen molar-refractivity contribution in [1.29, 1.82) is 0 Å². The largest absolute Gasteiger partial charge is 0.334 e. The molecule has 0 aromatic carbocycles. The molecule has 1 aliphatic rings. The number of amides is 1. The van der Waals surface area contributed by atoms with Crippen molar-refractivity contribution in [3.63, 3.8) is 0 Å². The summed E-state index contributed by atoms with van der Waals surface area (Å²) in [4.78, 5) is 43.6. The van der Waals surface area contributed by atoms with E-state index in [4.69, 9.17) is 0 Å². The molecule has 130 valence electrons. The third-order valence-corrected chi connectivity index (χ3v) is 4.48. The van der Waals surface area contributed by atoms with Gasteiger partial charge in [-0.1, -0.05) is 0 Å². The van der Waals surface area contributed by atoms with Gasteiger partial charge in [0.05, 0.1) is 11.4 Å². The molecule has 1 aliphatic heterocycles. The zero-order chi connectivity index (χ0) is 18.1. The number of pyridine rings is 1. The van der Waals surface area contributed by atoms with Gasteiger partial charge in [-0.2, -0.15) is 0 Å². The van der Waals surface area contributed by atoms with Crippen molar-refractivity contribution in [2.45, 2.75) is 13.0 Å². The van der Waals surface area contributed by atoms with Crippen LogP contribution in [0.25, 0.3) is 11.3 Å². The average molecular weight is 348 g/mol. The second-order valence-corrected chi connectivity index (χ2v) is 6.09. The van der Waals surface area contributed by atoms with Crippen molar-refractivity contribution in [2.24, 2.45) is 7.05 Å². The Morgan fingerprint density at radius 1 is 1.15 bits per heavy atom. The molecule has 4 rings (SSSR count). The number of rotatable bonds is 2. The molecule has 0 N–H and O–H groups in total. The van der Waals surface area contributed by atoms with E-state index in [0.717, 1.165) is 16.8 Å². The van der Waals surface area contributed by atoms with Gasteiger partial charge in [0.2, 0.25) is 0 Å². The highest BCUT2D eigenvalue weighted by molar-refractivity contribution is 5.94. The molecule has 0 saturated carbocycles. The van der Waals surface area contributed by atoms with Gasteiger partial charge in [-0.05, 0) is 12.1 Å². The van der Waals surface area contributed by atoms with Crippen LogP contribution in [0.1, 0.15) is 21.6 Å². The van der Waals surface area contributed by atoms with E-state index in [9.17, 15) is 9.59 Å². The van der Waals surface area contributed by atoms with Crippen molar-refractivity contribution < 1.29 is 4.79 Å². The van der Waals surface area contributed by atoms with Gasteiger partial charge in [0.25, 0.3) is 11.5 Å². The van der Waals surface area contributed by atoms with Crippen LogP contribution in [0.5, 0.6) is 0 Å². The maximum Gasteiger partial charge on any atom is 0.263 e. The van der Waals surface area contributed by atoms with Gasteiger partial charge in [0.15, 0.2) is 0 Å². The Hall–Kier alpha value is -3.42. The molecule has 0 unspecified atom stereocenters. The lowest BCUT2D eigenvalue weighted by Crippen LogP contribution is -2.40. The predicted octanol–water partition coefficient (Wildman–Crippen LogP) is 0.831. The summed E-state index contributed by atoms with van der Waals surface area (Å²) in [6.07, 6.45) is 8.58. The Kier molecular flexibility index (Phi) is 4.00. The van der Waals surface area contributed by atoms with E-state index < -0.39 is 0 Å². The Morgan fingerprint density at radius 3 is 2.77 bits per heavy atom. The summed E-state index contributed by atoms with van der Waals surface area (Å²) in [5.41, 5.74) is 3.13. The van der Waals surface area contributed by atoms with Crippen molar-refractivity contribution in [3.05, 3.63) is 70.6 Å². The standard InChI is InChI=1S/C18H16N6O2/c1-23-5-2-3-13(17(23)25)18(26)24-6-4-15-14(9-24)16(22-11-21-15)12-7-19-10-20-8-12/h2-3,5,7-8,10-11H,4,6,9H2,1H3. The number of nitrogens with zero attached hydrogens (tertiary/aromatic N) is 6. The normalized spacial score (nSPS) is 13.3. The number of carbonyl (C=O) groups is 1. The second kappa shape index (κ2) is 6.47. The molecule has 0 saturated heterocycles. The Bertz CT molecular complexity index is 1030. The molecule has 0 bridgehead atoms. The van der Waals surface area contributed by atoms with Crippen LogP contribution in [0.15, 0.2) is 48.2 Å². The maximum atomic E-state index is 12.9. The van der Waals surface area contributed by atoms with Crippen LogP contribution < -0.4 is 5.56 Å². The lowest BCUT2D eigenvalue weighted by atomic mass is 10.0. The molecule has 0 spiro atoms. The summed E-state index contributed by atoms with van der Waals surface area (Å²) in [7, 11) is 1.63. The van der Waals surface area contributed by atoms with Crippen molar-refractivity contribution in [1.82, 2.24) is 29.4 Å². The van der Waals surface area contributed by atoms with E-state index in [2.05, 4.69) is 19.9 Å². The summed E-state index contributed by atoms with van der Waals surface area (Å²) >= 11 is 0. The highest BCUT2D eigenvalue weighted by Crippen LogP contribution is 2.27. The summed E-state index contributed by atoms with van der Waals surface area (Å²) < 4.78 is 1.40. The molecule has 3 aromatic heterocycles. The molecule has 8 heteroatoms. The number of hydrogen-bond donors (Lipinski definition) is 0. The van der Waals surface area contributed by atoms with E-state index in [1.807, 2.05) is 0 Å². The first-order valence-electron chi connectivity index (χ1n) is 8.18. The van der Waals surface area contributed by atoms with Gasteiger partial charge in [-0.3, -0.25) is 9.59 Å². The van der Waals surface area contributed by atoms with E-state index in [1.54, 1.807) is 42.7 Å². The van der Waals surface area contributed by atoms with E-state index >= 15 is 0 Å². The van der Waals surface area contributed by atoms with Gasteiger partial charge in [0, 0.05) is 56.3 Å². The van der Waals surface area contributed by atoms with Crippen LogP contribution in [0.3, 0.4) is 0 Å². The first kappa shape index (κ1) is 16.1.